The van der Waals surface area contributed by atoms with Crippen LogP contribution >= 0.6 is 0 Å². The maximum absolute atomic E-state index is 11.5. The van der Waals surface area contributed by atoms with Crippen LogP contribution in [0.25, 0.3) is 0 Å². The van der Waals surface area contributed by atoms with Gasteiger partial charge in [0.05, 0.1) is 11.9 Å². The number of hydrogen-bond acceptors (Lipinski definition) is 4. The average molecular weight is 243 g/mol. The van der Waals surface area contributed by atoms with Crippen molar-refractivity contribution in [1.29, 1.82) is 0 Å². The van der Waals surface area contributed by atoms with Crippen molar-refractivity contribution >= 4 is 15.9 Å². The third-order valence-electron chi connectivity index (χ3n) is 2.81. The monoisotopic (exact) mass is 243 g/mol. The molecule has 1 saturated carbocycles. The van der Waals surface area contributed by atoms with Gasteiger partial charge in [-0.25, -0.2) is 8.42 Å². The fraction of sp³-hybridized carbons (Fsp3) is 0.556. The lowest BCUT2D eigenvalue weighted by Gasteiger charge is -1.98. The Morgan fingerprint density at radius 2 is 2.38 bits per heavy atom. The second-order valence-corrected chi connectivity index (χ2v) is 6.01. The molecule has 2 rings (SSSR count). The van der Waals surface area contributed by atoms with Gasteiger partial charge in [0.1, 0.15) is 0 Å². The number of nitrogens with two attached hydrogens (primary N) is 1. The smallest absolute Gasteiger partial charge is 0.253 e. The highest BCUT2D eigenvalue weighted by molar-refractivity contribution is 7.89. The molecule has 1 aliphatic carbocycles. The molecule has 7 heteroatoms. The van der Waals surface area contributed by atoms with E-state index in [-0.39, 0.29) is 23.5 Å². The molecule has 1 aliphatic rings. The molecule has 1 amide bonds. The molecule has 0 aromatic carbocycles. The summed E-state index contributed by atoms with van der Waals surface area (Å²) in [6.45, 7) is 1.56. The zero-order chi connectivity index (χ0) is 11.9. The van der Waals surface area contributed by atoms with E-state index >= 15 is 0 Å². The lowest BCUT2D eigenvalue weighted by molar-refractivity contribution is -0.119. The second kappa shape index (κ2) is 3.58. The molecule has 0 radical (unpaired) electrons. The molecule has 2 atom stereocenters. The first-order valence-electron chi connectivity index (χ1n) is 5.03. The number of amides is 1. The zero-order valence-electron chi connectivity index (χ0n) is 8.83. The summed E-state index contributed by atoms with van der Waals surface area (Å²) in [6, 6.07) is 0. The van der Waals surface area contributed by atoms with Gasteiger partial charge in [-0.2, -0.15) is 9.19 Å². The lowest BCUT2D eigenvalue weighted by Crippen LogP contribution is -2.15. The van der Waals surface area contributed by atoms with Crippen LogP contribution in [-0.4, -0.2) is 29.3 Å². The molecule has 2 N–H and O–H groups in total. The van der Waals surface area contributed by atoms with Gasteiger partial charge in [0.15, 0.2) is 0 Å². The van der Waals surface area contributed by atoms with Crippen molar-refractivity contribution in [2.45, 2.75) is 19.3 Å². The standard InChI is InChI=1S/C9H13N3O3S/c1-2-16(14,15)12-5-6(4-11-12)7-3-8(7)9(10)13/h4-5,7-8H,2-3H2,1H3,(H2,10,13). The van der Waals surface area contributed by atoms with Gasteiger partial charge in [-0.15, -0.1) is 0 Å². The van der Waals surface area contributed by atoms with Gasteiger partial charge in [0.2, 0.25) is 5.91 Å². The van der Waals surface area contributed by atoms with E-state index in [0.29, 0.717) is 6.42 Å². The van der Waals surface area contributed by atoms with Crippen LogP contribution in [0.4, 0.5) is 0 Å². The molecule has 1 aromatic rings. The second-order valence-electron chi connectivity index (χ2n) is 3.90. The fourth-order valence-corrected chi connectivity index (χ4v) is 2.41. The van der Waals surface area contributed by atoms with E-state index in [1.165, 1.54) is 12.4 Å². The molecule has 2 unspecified atom stereocenters. The molecule has 6 nitrogen and oxygen atoms in total. The molecule has 0 bridgehead atoms. The van der Waals surface area contributed by atoms with Crippen molar-refractivity contribution in [1.82, 2.24) is 9.19 Å². The van der Waals surface area contributed by atoms with Gasteiger partial charge in [0, 0.05) is 12.1 Å². The Hall–Kier alpha value is -1.37. The fourth-order valence-electron chi connectivity index (χ4n) is 1.67. The Bertz CT molecular complexity index is 520. The van der Waals surface area contributed by atoms with E-state index in [0.717, 1.165) is 9.65 Å². The summed E-state index contributed by atoms with van der Waals surface area (Å²) in [4.78, 5) is 10.9. The first-order valence-corrected chi connectivity index (χ1v) is 6.63. The van der Waals surface area contributed by atoms with Crippen LogP contribution in [0.15, 0.2) is 12.4 Å². The van der Waals surface area contributed by atoms with Crippen molar-refractivity contribution in [3.63, 3.8) is 0 Å². The number of rotatable bonds is 4. The quantitative estimate of drug-likeness (QED) is 0.783. The highest BCUT2D eigenvalue weighted by Gasteiger charge is 2.43. The molecular weight excluding hydrogens is 230 g/mol. The van der Waals surface area contributed by atoms with Crippen LogP contribution in [0, 0.1) is 5.92 Å². The molecule has 0 spiro atoms. The summed E-state index contributed by atoms with van der Waals surface area (Å²) in [6.07, 6.45) is 3.64. The van der Waals surface area contributed by atoms with E-state index in [1.54, 1.807) is 6.92 Å². The third kappa shape index (κ3) is 1.82. The van der Waals surface area contributed by atoms with Crippen LogP contribution in [-0.2, 0) is 14.8 Å². The predicted molar refractivity (Wildman–Crippen MR) is 57.1 cm³/mol. The number of nitrogens with zero attached hydrogens (tertiary/aromatic N) is 2. The first-order chi connectivity index (χ1) is 7.45. The topological polar surface area (TPSA) is 95.0 Å². The Morgan fingerprint density at radius 3 is 2.88 bits per heavy atom. The van der Waals surface area contributed by atoms with Crippen molar-refractivity contribution < 1.29 is 13.2 Å². The summed E-state index contributed by atoms with van der Waals surface area (Å²) >= 11 is 0. The number of primary amides is 1. The highest BCUT2D eigenvalue weighted by Crippen LogP contribution is 2.46. The number of carbonyl (C=O) groups excluding carboxylic acids is 1. The Balaban J connectivity index is 2.19. The average Bonchev–Trinajstić information content (AvgIpc) is 2.88. The van der Waals surface area contributed by atoms with Gasteiger partial charge < -0.3 is 5.73 Å². The minimum atomic E-state index is -3.33. The van der Waals surface area contributed by atoms with Gasteiger partial charge in [-0.05, 0) is 24.8 Å². The first kappa shape index (κ1) is 11.1. The molecule has 16 heavy (non-hydrogen) atoms. The third-order valence-corrected chi connectivity index (χ3v) is 4.31. The van der Waals surface area contributed by atoms with Crippen LogP contribution in [0.3, 0.4) is 0 Å². The van der Waals surface area contributed by atoms with Crippen molar-refractivity contribution in [3.05, 3.63) is 18.0 Å². The van der Waals surface area contributed by atoms with Crippen molar-refractivity contribution in [2.75, 3.05) is 5.75 Å². The molecule has 1 aromatic heterocycles. The predicted octanol–water partition coefficient (Wildman–Crippen LogP) is -0.330. The van der Waals surface area contributed by atoms with Crippen LogP contribution in [0.2, 0.25) is 0 Å². The summed E-state index contributed by atoms with van der Waals surface area (Å²) in [5, 5.41) is 3.79. The van der Waals surface area contributed by atoms with Gasteiger partial charge >= 0.3 is 0 Å². The Labute approximate surface area is 93.5 Å². The maximum Gasteiger partial charge on any atom is 0.253 e. The zero-order valence-corrected chi connectivity index (χ0v) is 9.64. The van der Waals surface area contributed by atoms with E-state index in [4.69, 9.17) is 5.73 Å². The lowest BCUT2D eigenvalue weighted by atomic mass is 10.2. The molecule has 1 heterocycles. The van der Waals surface area contributed by atoms with Gasteiger partial charge in [-0.1, -0.05) is 0 Å². The van der Waals surface area contributed by atoms with E-state index in [9.17, 15) is 13.2 Å². The summed E-state index contributed by atoms with van der Waals surface area (Å²) < 4.78 is 23.9. The molecule has 0 aliphatic heterocycles. The van der Waals surface area contributed by atoms with Crippen LogP contribution < -0.4 is 5.73 Å². The van der Waals surface area contributed by atoms with E-state index in [2.05, 4.69) is 5.10 Å². The highest BCUT2D eigenvalue weighted by atomic mass is 32.2. The maximum atomic E-state index is 11.5. The van der Waals surface area contributed by atoms with E-state index < -0.39 is 10.0 Å². The molecular formula is C9H13N3O3S. The SMILES string of the molecule is CCS(=O)(=O)n1cc(C2CC2C(N)=O)cn1. The van der Waals surface area contributed by atoms with Gasteiger partial charge in [-0.3, -0.25) is 4.79 Å². The Morgan fingerprint density at radius 1 is 1.69 bits per heavy atom. The minimum Gasteiger partial charge on any atom is -0.369 e. The molecule has 0 saturated heterocycles. The van der Waals surface area contributed by atoms with Crippen LogP contribution in [0.5, 0.6) is 0 Å². The number of hydrogen-bond donors (Lipinski definition) is 1. The normalized spacial score (nSPS) is 24.3. The summed E-state index contributed by atoms with van der Waals surface area (Å²) in [5.74, 6) is -0.464. The summed E-state index contributed by atoms with van der Waals surface area (Å²) in [5.41, 5.74) is 5.92. The molecule has 88 valence electrons. The minimum absolute atomic E-state index is 0.00195. The van der Waals surface area contributed by atoms with Crippen molar-refractivity contribution in [2.24, 2.45) is 11.7 Å². The van der Waals surface area contributed by atoms with Crippen LogP contribution in [0.1, 0.15) is 24.8 Å². The summed E-state index contributed by atoms with van der Waals surface area (Å²) in [7, 11) is -3.33. The van der Waals surface area contributed by atoms with Crippen molar-refractivity contribution in [3.8, 4) is 0 Å². The number of carbonyl (C=O) groups is 1. The van der Waals surface area contributed by atoms with E-state index in [1.807, 2.05) is 0 Å². The Kier molecular flexibility index (Phi) is 2.49. The van der Waals surface area contributed by atoms with Gasteiger partial charge in [0.25, 0.3) is 10.0 Å². The molecule has 1 fully saturated rings. The number of aromatic nitrogens is 2. The largest absolute Gasteiger partial charge is 0.369 e.